The van der Waals surface area contributed by atoms with Crippen LogP contribution in [0.5, 0.6) is 0 Å². The second kappa shape index (κ2) is 13.0. The number of nitrogens with zero attached hydrogens (tertiary/aromatic N) is 1. The number of hydrogen-bond acceptors (Lipinski definition) is 4. The van der Waals surface area contributed by atoms with Gasteiger partial charge in [-0.15, -0.1) is 22.7 Å². The van der Waals surface area contributed by atoms with E-state index in [1.165, 1.54) is 11.3 Å². The van der Waals surface area contributed by atoms with Gasteiger partial charge >= 0.3 is 5.97 Å². The van der Waals surface area contributed by atoms with Crippen LogP contribution in [0.15, 0.2) is 72.8 Å². The van der Waals surface area contributed by atoms with Crippen LogP contribution in [-0.2, 0) is 22.4 Å². The average molecular weight is 609 g/mol. The van der Waals surface area contributed by atoms with Crippen LogP contribution in [0.25, 0.3) is 20.9 Å². The Bertz CT molecular complexity index is 1410. The predicted molar refractivity (Wildman–Crippen MR) is 155 cm³/mol. The second-order valence-corrected chi connectivity index (χ2v) is 12.2. The van der Waals surface area contributed by atoms with E-state index in [0.29, 0.717) is 10.0 Å². The van der Waals surface area contributed by atoms with Gasteiger partial charge in [0, 0.05) is 55.5 Å². The van der Waals surface area contributed by atoms with E-state index >= 15 is 0 Å². The molecule has 3 heterocycles. The number of benzene rings is 2. The third-order valence-corrected chi connectivity index (χ3v) is 8.85. The number of piperidine rings is 1. The molecule has 0 radical (unpaired) electrons. The molecule has 4 nitrogen and oxygen atoms in total. The predicted octanol–water partition coefficient (Wildman–Crippen LogP) is 8.56. The topological polar surface area (TPSA) is 57.6 Å². The summed E-state index contributed by atoms with van der Waals surface area (Å²) in [5.41, 5.74) is 2.11. The number of carbonyl (C=O) groups excluding carboxylic acids is 1. The van der Waals surface area contributed by atoms with E-state index in [9.17, 15) is 18.4 Å². The smallest absolute Gasteiger partial charge is 0.308 e. The summed E-state index contributed by atoms with van der Waals surface area (Å²) in [4.78, 5) is 28.3. The molecular formula is C29H25Cl2F2NO3S2. The molecule has 1 aliphatic heterocycles. The normalized spacial score (nSPS) is 14.4. The molecule has 0 saturated carbocycles. The Labute approximate surface area is 243 Å². The summed E-state index contributed by atoms with van der Waals surface area (Å²) in [5, 5.41) is 10.1. The molecule has 0 spiro atoms. The number of aliphatic carboxylic acids is 1. The maximum Gasteiger partial charge on any atom is 0.308 e. The largest absolute Gasteiger partial charge is 0.481 e. The molecule has 2 aromatic heterocycles. The Morgan fingerprint density at radius 1 is 0.744 bits per heavy atom. The fourth-order valence-corrected chi connectivity index (χ4v) is 6.24. The summed E-state index contributed by atoms with van der Waals surface area (Å²) < 4.78 is 26.3. The molecule has 0 bridgehead atoms. The summed E-state index contributed by atoms with van der Waals surface area (Å²) in [5.74, 6) is -3.50. The van der Waals surface area contributed by atoms with Gasteiger partial charge in [0.2, 0.25) is 5.91 Å². The highest BCUT2D eigenvalue weighted by Crippen LogP contribution is 2.32. The zero-order valence-electron chi connectivity index (χ0n) is 20.7. The number of carbonyl (C=O) groups is 2. The number of thiophene rings is 2. The fourth-order valence-electron chi connectivity index (χ4n) is 3.98. The van der Waals surface area contributed by atoms with Crippen molar-refractivity contribution in [2.75, 3.05) is 13.1 Å². The molecule has 5 rings (SSSR count). The molecule has 2 aromatic carbocycles. The molecule has 4 aromatic rings. The lowest BCUT2D eigenvalue weighted by molar-refractivity contribution is -0.137. The van der Waals surface area contributed by atoms with Crippen molar-refractivity contribution in [1.82, 2.24) is 4.90 Å². The third kappa shape index (κ3) is 8.60. The first-order valence-electron chi connectivity index (χ1n) is 12.1. The zero-order chi connectivity index (χ0) is 28.0. The van der Waals surface area contributed by atoms with E-state index in [1.807, 2.05) is 72.8 Å². The third-order valence-electron chi connectivity index (χ3n) is 6.08. The Hall–Kier alpha value is -2.78. The summed E-state index contributed by atoms with van der Waals surface area (Å²) >= 11 is 14.7. The average Bonchev–Trinajstić information content (AvgIpc) is 3.55. The number of halogens is 4. The summed E-state index contributed by atoms with van der Waals surface area (Å²) in [6, 6.07) is 22.7. The minimum Gasteiger partial charge on any atom is -0.481 e. The minimum atomic E-state index is -2.62. The lowest BCUT2D eigenvalue weighted by Crippen LogP contribution is -2.43. The molecule has 0 atom stereocenters. The van der Waals surface area contributed by atoms with E-state index in [2.05, 4.69) is 0 Å². The number of amides is 1. The monoisotopic (exact) mass is 607 g/mol. The number of carboxylic acid groups (broad SMARTS) is 1. The van der Waals surface area contributed by atoms with Crippen molar-refractivity contribution in [1.29, 1.82) is 0 Å². The second-order valence-electron chi connectivity index (χ2n) is 9.03. The van der Waals surface area contributed by atoms with Gasteiger partial charge in [0.15, 0.2) is 0 Å². The van der Waals surface area contributed by atoms with Crippen LogP contribution in [0.1, 0.15) is 22.6 Å². The van der Waals surface area contributed by atoms with E-state index in [0.717, 1.165) is 30.6 Å². The summed E-state index contributed by atoms with van der Waals surface area (Å²) in [6.45, 7) is 0.280. The maximum absolute atomic E-state index is 13.1. The van der Waals surface area contributed by atoms with Crippen molar-refractivity contribution in [2.45, 2.75) is 31.6 Å². The number of likely N-dealkylation sites (tertiary alicyclic amines) is 1. The highest BCUT2D eigenvalue weighted by atomic mass is 35.5. The van der Waals surface area contributed by atoms with Crippen molar-refractivity contribution < 1.29 is 23.5 Å². The van der Waals surface area contributed by atoms with Gasteiger partial charge in [-0.2, -0.15) is 0 Å². The van der Waals surface area contributed by atoms with Crippen molar-refractivity contribution >= 4 is 57.8 Å². The molecule has 10 heteroatoms. The molecule has 1 aliphatic rings. The Kier molecular flexibility index (Phi) is 9.77. The molecule has 204 valence electrons. The number of rotatable bonds is 6. The van der Waals surface area contributed by atoms with Crippen molar-refractivity contribution in [3.05, 3.63) is 92.6 Å². The maximum atomic E-state index is 13.1. The van der Waals surface area contributed by atoms with Crippen LogP contribution >= 0.6 is 45.9 Å². The van der Waals surface area contributed by atoms with E-state index < -0.39 is 11.9 Å². The van der Waals surface area contributed by atoms with Gasteiger partial charge in [0.05, 0.1) is 12.8 Å². The van der Waals surface area contributed by atoms with Gasteiger partial charge in [-0.05, 0) is 59.7 Å². The van der Waals surface area contributed by atoms with Gasteiger partial charge in [0.1, 0.15) is 0 Å². The van der Waals surface area contributed by atoms with Crippen LogP contribution < -0.4 is 0 Å². The Balaban J connectivity index is 0.000000193. The zero-order valence-corrected chi connectivity index (χ0v) is 23.9. The van der Waals surface area contributed by atoms with Gasteiger partial charge in [-0.1, -0.05) is 47.5 Å². The lowest BCUT2D eigenvalue weighted by Gasteiger charge is -2.31. The van der Waals surface area contributed by atoms with Gasteiger partial charge < -0.3 is 10.0 Å². The molecule has 1 saturated heterocycles. The standard InChI is InChI=1S/C17H16ClF2NOS.C12H9ClO2S/c18-13-3-1-12(2-4-13)15-6-5-14(23-15)11-16(22)21-9-7-17(19,20)8-10-21;13-9-3-1-8(2-4-9)11-6-5-10(16-11)7-12(14)15/h1-6H,7-11H2;1-6H,7H2,(H,14,15). The molecule has 1 fully saturated rings. The Morgan fingerprint density at radius 3 is 1.62 bits per heavy atom. The van der Waals surface area contributed by atoms with Gasteiger partial charge in [0.25, 0.3) is 5.92 Å². The highest BCUT2D eigenvalue weighted by Gasteiger charge is 2.35. The van der Waals surface area contributed by atoms with Crippen LogP contribution in [0.2, 0.25) is 10.0 Å². The number of alkyl halides is 2. The van der Waals surface area contributed by atoms with Crippen molar-refractivity contribution in [2.24, 2.45) is 0 Å². The van der Waals surface area contributed by atoms with Gasteiger partial charge in [-0.3, -0.25) is 9.59 Å². The first kappa shape index (κ1) is 29.2. The van der Waals surface area contributed by atoms with Crippen LogP contribution in [0.4, 0.5) is 8.78 Å². The van der Waals surface area contributed by atoms with Crippen LogP contribution in [0.3, 0.4) is 0 Å². The number of carboxylic acids is 1. The molecular weight excluding hydrogens is 583 g/mol. The van der Waals surface area contributed by atoms with Crippen molar-refractivity contribution in [3.63, 3.8) is 0 Å². The molecule has 1 amide bonds. The van der Waals surface area contributed by atoms with Gasteiger partial charge in [-0.25, -0.2) is 8.78 Å². The fraction of sp³-hybridized carbons (Fsp3) is 0.241. The van der Waals surface area contributed by atoms with Crippen LogP contribution in [0, 0.1) is 0 Å². The minimum absolute atomic E-state index is 0.0787. The molecule has 0 aliphatic carbocycles. The first-order chi connectivity index (χ1) is 18.6. The summed E-state index contributed by atoms with van der Waals surface area (Å²) in [7, 11) is 0. The SMILES string of the molecule is O=C(Cc1ccc(-c2ccc(Cl)cc2)s1)N1CCC(F)(F)CC1.O=C(O)Cc1ccc(-c2ccc(Cl)cc2)s1. The summed E-state index contributed by atoms with van der Waals surface area (Å²) in [6.07, 6.45) is -0.125. The molecule has 39 heavy (non-hydrogen) atoms. The van der Waals surface area contributed by atoms with Crippen molar-refractivity contribution in [3.8, 4) is 20.9 Å². The molecule has 0 unspecified atom stereocenters. The van der Waals surface area contributed by atoms with E-state index in [1.54, 1.807) is 16.2 Å². The Morgan fingerprint density at radius 2 is 1.18 bits per heavy atom. The van der Waals surface area contributed by atoms with E-state index in [-0.39, 0.29) is 44.7 Å². The van der Waals surface area contributed by atoms with Crippen LogP contribution in [-0.4, -0.2) is 40.9 Å². The molecule has 1 N–H and O–H groups in total. The first-order valence-corrected chi connectivity index (χ1v) is 14.5. The van der Waals surface area contributed by atoms with E-state index in [4.69, 9.17) is 28.3 Å². The number of hydrogen-bond donors (Lipinski definition) is 1. The lowest BCUT2D eigenvalue weighted by atomic mass is 10.1. The highest BCUT2D eigenvalue weighted by molar-refractivity contribution is 7.15. The quantitative estimate of drug-likeness (QED) is 0.239.